The van der Waals surface area contributed by atoms with Gasteiger partial charge in [-0.05, 0) is 63.1 Å². The van der Waals surface area contributed by atoms with Crippen molar-refractivity contribution in [3.8, 4) is 11.4 Å². The summed E-state index contributed by atoms with van der Waals surface area (Å²) in [5.74, 6) is 0.826. The molecule has 0 spiro atoms. The number of fused-ring (bicyclic) bond motifs is 4. The maximum Gasteiger partial charge on any atom is 0.274 e. The number of nitrogens with zero attached hydrogens (tertiary/aromatic N) is 6. The number of aromatic nitrogens is 3. The fraction of sp³-hybridized carbons (Fsp3) is 0.387. The molecule has 2 aromatic carbocycles. The van der Waals surface area contributed by atoms with Crippen LogP contribution < -0.4 is 9.64 Å². The van der Waals surface area contributed by atoms with E-state index in [4.69, 9.17) is 9.72 Å². The van der Waals surface area contributed by atoms with Gasteiger partial charge in [0.2, 0.25) is 0 Å². The van der Waals surface area contributed by atoms with E-state index in [9.17, 15) is 4.79 Å². The molecule has 0 atom stereocenters. The van der Waals surface area contributed by atoms with Gasteiger partial charge in [-0.15, -0.1) is 0 Å². The summed E-state index contributed by atoms with van der Waals surface area (Å²) in [6.07, 6.45) is 2.66. The van der Waals surface area contributed by atoms with Gasteiger partial charge in [0.05, 0.1) is 16.9 Å². The van der Waals surface area contributed by atoms with Crippen LogP contribution in [-0.2, 0) is 13.0 Å². The van der Waals surface area contributed by atoms with Crippen molar-refractivity contribution in [1.29, 1.82) is 0 Å². The fourth-order valence-electron chi connectivity index (χ4n) is 5.57. The zero-order valence-electron chi connectivity index (χ0n) is 23.2. The van der Waals surface area contributed by atoms with Crippen molar-refractivity contribution < 1.29 is 9.53 Å². The number of rotatable bonds is 6. The van der Waals surface area contributed by atoms with Gasteiger partial charge >= 0.3 is 0 Å². The van der Waals surface area contributed by atoms with Crippen molar-refractivity contribution in [2.24, 2.45) is 0 Å². The summed E-state index contributed by atoms with van der Waals surface area (Å²) in [4.78, 5) is 28.9. The van der Waals surface area contributed by atoms with Gasteiger partial charge in [-0.2, -0.15) is 0 Å². The number of pyridine rings is 1. The molecule has 0 radical (unpaired) electrons. The van der Waals surface area contributed by atoms with Crippen LogP contribution in [0.4, 0.5) is 5.69 Å². The summed E-state index contributed by atoms with van der Waals surface area (Å²) in [5.41, 5.74) is 6.82. The zero-order valence-corrected chi connectivity index (χ0v) is 23.2. The predicted octanol–water partition coefficient (Wildman–Crippen LogP) is 4.47. The second-order valence-corrected chi connectivity index (χ2v) is 10.8. The van der Waals surface area contributed by atoms with Crippen LogP contribution in [0.5, 0.6) is 5.75 Å². The smallest absolute Gasteiger partial charge is 0.274 e. The van der Waals surface area contributed by atoms with E-state index in [2.05, 4.69) is 57.2 Å². The molecule has 2 aliphatic heterocycles. The van der Waals surface area contributed by atoms with Gasteiger partial charge in [0, 0.05) is 62.6 Å². The first kappa shape index (κ1) is 25.4. The molecular weight excluding hydrogens is 488 g/mol. The van der Waals surface area contributed by atoms with Crippen molar-refractivity contribution in [2.45, 2.75) is 39.8 Å². The number of benzene rings is 2. The standard InChI is InChI=1S/C31H36N6O2/c1-21(2)34(4)31(38)29-28-19-39-30-23(7-5-10-27(30)37(28)20-32-29)13-14-35-15-17-36(18-16-35)26-9-6-8-25-24(26)12-11-22(3)33-25/h5-12,20-21H,13-19H2,1-4H3. The number of hydrogen-bond acceptors (Lipinski definition) is 6. The number of carbonyl (C=O) groups is 1. The molecule has 0 saturated carbocycles. The van der Waals surface area contributed by atoms with E-state index < -0.39 is 0 Å². The molecule has 4 heterocycles. The Hall–Kier alpha value is -3.91. The van der Waals surface area contributed by atoms with E-state index in [0.29, 0.717) is 12.3 Å². The lowest BCUT2D eigenvalue weighted by atomic mass is 10.1. The highest BCUT2D eigenvalue weighted by atomic mass is 16.5. The van der Waals surface area contributed by atoms with E-state index in [-0.39, 0.29) is 11.9 Å². The van der Waals surface area contributed by atoms with Crippen LogP contribution >= 0.6 is 0 Å². The molecule has 0 bridgehead atoms. The van der Waals surface area contributed by atoms with Gasteiger partial charge in [0.15, 0.2) is 5.69 Å². The summed E-state index contributed by atoms with van der Waals surface area (Å²) in [7, 11) is 1.81. The first-order valence-electron chi connectivity index (χ1n) is 13.8. The molecular formula is C31H36N6O2. The second-order valence-electron chi connectivity index (χ2n) is 10.8. The number of carbonyl (C=O) groups excluding carboxylic acids is 1. The van der Waals surface area contributed by atoms with Crippen molar-refractivity contribution in [3.63, 3.8) is 0 Å². The summed E-state index contributed by atoms with van der Waals surface area (Å²) in [6, 6.07) is 17.1. The molecule has 202 valence electrons. The summed E-state index contributed by atoms with van der Waals surface area (Å²) in [5, 5.41) is 1.23. The summed E-state index contributed by atoms with van der Waals surface area (Å²) in [6.45, 7) is 11.4. The Kier molecular flexibility index (Phi) is 6.73. The third-order valence-electron chi connectivity index (χ3n) is 8.11. The largest absolute Gasteiger partial charge is 0.485 e. The molecule has 1 amide bonds. The average Bonchev–Trinajstić information content (AvgIpc) is 3.39. The normalized spacial score (nSPS) is 15.3. The third-order valence-corrected chi connectivity index (χ3v) is 8.11. The molecule has 6 rings (SSSR count). The van der Waals surface area contributed by atoms with Crippen molar-refractivity contribution in [2.75, 3.05) is 44.7 Å². The average molecular weight is 525 g/mol. The molecule has 39 heavy (non-hydrogen) atoms. The maximum absolute atomic E-state index is 12.9. The Labute approximate surface area is 229 Å². The molecule has 0 N–H and O–H groups in total. The Balaban J connectivity index is 1.12. The minimum Gasteiger partial charge on any atom is -0.485 e. The predicted molar refractivity (Wildman–Crippen MR) is 154 cm³/mol. The third kappa shape index (κ3) is 4.74. The molecule has 0 aliphatic carbocycles. The van der Waals surface area contributed by atoms with E-state index >= 15 is 0 Å². The van der Waals surface area contributed by atoms with E-state index in [1.165, 1.54) is 16.6 Å². The van der Waals surface area contributed by atoms with Crippen LogP contribution in [0.25, 0.3) is 16.6 Å². The molecule has 0 unspecified atom stereocenters. The van der Waals surface area contributed by atoms with Gasteiger partial charge in [-0.1, -0.05) is 18.2 Å². The minimum atomic E-state index is -0.0732. The Morgan fingerprint density at radius 1 is 1.03 bits per heavy atom. The van der Waals surface area contributed by atoms with Gasteiger partial charge < -0.3 is 14.5 Å². The number of piperazine rings is 1. The molecule has 4 aromatic rings. The van der Waals surface area contributed by atoms with E-state index in [0.717, 1.165) is 67.5 Å². The molecule has 1 saturated heterocycles. The number of hydrogen-bond donors (Lipinski definition) is 0. The maximum atomic E-state index is 12.9. The first-order chi connectivity index (χ1) is 18.9. The van der Waals surface area contributed by atoms with Crippen LogP contribution in [0.15, 0.2) is 54.9 Å². The SMILES string of the molecule is Cc1ccc2c(N3CCN(CCc4cccc5c4OCc4c(C(=O)N(C)C(C)C)ncn4-5)CC3)cccc2n1. The van der Waals surface area contributed by atoms with Crippen molar-refractivity contribution >= 4 is 22.5 Å². The van der Waals surface area contributed by atoms with Crippen LogP contribution in [0.2, 0.25) is 0 Å². The van der Waals surface area contributed by atoms with Crippen LogP contribution in [-0.4, -0.2) is 76.1 Å². The Morgan fingerprint density at radius 2 is 1.79 bits per heavy atom. The zero-order chi connectivity index (χ0) is 27.1. The Morgan fingerprint density at radius 3 is 2.59 bits per heavy atom. The fourth-order valence-corrected chi connectivity index (χ4v) is 5.57. The van der Waals surface area contributed by atoms with Crippen LogP contribution in [0.1, 0.15) is 41.3 Å². The number of aryl methyl sites for hydroxylation is 1. The molecule has 2 aromatic heterocycles. The molecule has 8 heteroatoms. The lowest BCUT2D eigenvalue weighted by Crippen LogP contribution is -2.47. The minimum absolute atomic E-state index is 0.0732. The van der Waals surface area contributed by atoms with Gasteiger partial charge in [-0.3, -0.25) is 19.2 Å². The topological polar surface area (TPSA) is 66.7 Å². The molecule has 1 fully saturated rings. The van der Waals surface area contributed by atoms with E-state index in [1.54, 1.807) is 11.2 Å². The second kappa shape index (κ2) is 10.3. The van der Waals surface area contributed by atoms with Crippen LogP contribution in [0.3, 0.4) is 0 Å². The highest BCUT2D eigenvalue weighted by Gasteiger charge is 2.28. The highest BCUT2D eigenvalue weighted by molar-refractivity contribution is 5.94. The lowest BCUT2D eigenvalue weighted by Gasteiger charge is -2.36. The number of ether oxygens (including phenoxy) is 1. The number of anilines is 1. The molecule has 2 aliphatic rings. The van der Waals surface area contributed by atoms with Crippen molar-refractivity contribution in [1.82, 2.24) is 24.3 Å². The van der Waals surface area contributed by atoms with Gasteiger partial charge in [-0.25, -0.2) is 4.98 Å². The first-order valence-corrected chi connectivity index (χ1v) is 13.8. The molecule has 8 nitrogen and oxygen atoms in total. The van der Waals surface area contributed by atoms with Crippen LogP contribution in [0, 0.1) is 6.92 Å². The quantitative estimate of drug-likeness (QED) is 0.371. The Bertz CT molecular complexity index is 1520. The number of para-hydroxylation sites is 1. The van der Waals surface area contributed by atoms with E-state index in [1.807, 2.05) is 38.5 Å². The summed E-state index contributed by atoms with van der Waals surface area (Å²) >= 11 is 0. The number of imidazole rings is 1. The van der Waals surface area contributed by atoms with Gasteiger partial charge in [0.25, 0.3) is 5.91 Å². The van der Waals surface area contributed by atoms with Crippen molar-refractivity contribution in [3.05, 3.63) is 77.5 Å². The lowest BCUT2D eigenvalue weighted by molar-refractivity contribution is 0.0746. The highest BCUT2D eigenvalue weighted by Crippen LogP contribution is 2.35. The van der Waals surface area contributed by atoms with Gasteiger partial charge in [0.1, 0.15) is 18.7 Å². The monoisotopic (exact) mass is 524 g/mol. The summed E-state index contributed by atoms with van der Waals surface area (Å²) < 4.78 is 8.29. The number of amides is 1.